The predicted octanol–water partition coefficient (Wildman–Crippen LogP) is 2.48. The number of hydrogen-bond acceptors (Lipinski definition) is 5. The second-order valence-corrected chi connectivity index (χ2v) is 9.06. The van der Waals surface area contributed by atoms with Crippen molar-refractivity contribution in [1.29, 1.82) is 0 Å². The van der Waals surface area contributed by atoms with Crippen molar-refractivity contribution in [2.24, 2.45) is 4.99 Å². The molecule has 2 unspecified atom stereocenters. The van der Waals surface area contributed by atoms with Crippen LogP contribution in [-0.4, -0.2) is 42.9 Å². The fourth-order valence-corrected chi connectivity index (χ4v) is 6.63. The molecule has 2 aliphatic heterocycles. The zero-order valence-corrected chi connectivity index (χ0v) is 14.0. The fraction of sp³-hybridized carbons (Fsp3) is 0.533. The topological polar surface area (TPSA) is 49.7 Å². The molecule has 21 heavy (non-hydrogen) atoms. The molecular weight excluding hydrogens is 304 g/mol. The molecule has 0 bridgehead atoms. The van der Waals surface area contributed by atoms with Crippen molar-refractivity contribution < 1.29 is 8.42 Å². The number of thioether (sulfide) groups is 1. The number of rotatable bonds is 3. The van der Waals surface area contributed by atoms with Crippen LogP contribution >= 0.6 is 11.8 Å². The van der Waals surface area contributed by atoms with Crippen molar-refractivity contribution in [2.75, 3.05) is 23.0 Å². The van der Waals surface area contributed by atoms with Crippen molar-refractivity contribution in [2.45, 2.75) is 31.6 Å². The minimum Gasteiger partial charge on any atom is -0.321 e. The number of nitrogens with zero attached hydrogens (tertiary/aromatic N) is 2. The van der Waals surface area contributed by atoms with Crippen molar-refractivity contribution >= 4 is 32.5 Å². The summed E-state index contributed by atoms with van der Waals surface area (Å²) in [5.74, 6) is 0.477. The van der Waals surface area contributed by atoms with Crippen LogP contribution in [0.15, 0.2) is 29.3 Å². The van der Waals surface area contributed by atoms with Crippen molar-refractivity contribution in [3.8, 4) is 0 Å². The molecule has 0 radical (unpaired) electrons. The molecule has 1 aromatic carbocycles. The summed E-state index contributed by atoms with van der Waals surface area (Å²) in [5.41, 5.74) is 2.37. The van der Waals surface area contributed by atoms with Crippen LogP contribution in [0.1, 0.15) is 18.9 Å². The maximum atomic E-state index is 11.7. The third kappa shape index (κ3) is 3.11. The molecule has 2 heterocycles. The van der Waals surface area contributed by atoms with Crippen molar-refractivity contribution in [3.63, 3.8) is 0 Å². The van der Waals surface area contributed by atoms with E-state index < -0.39 is 9.84 Å². The number of hydrogen-bond donors (Lipinski definition) is 0. The Balaban J connectivity index is 1.86. The summed E-state index contributed by atoms with van der Waals surface area (Å²) in [5, 5.41) is 1.08. The number of benzene rings is 1. The first-order valence-electron chi connectivity index (χ1n) is 7.27. The second-order valence-electron chi connectivity index (χ2n) is 5.70. The van der Waals surface area contributed by atoms with E-state index in [1.54, 1.807) is 11.8 Å². The Morgan fingerprint density at radius 2 is 2.19 bits per heavy atom. The molecule has 0 saturated carbocycles. The zero-order chi connectivity index (χ0) is 15.0. The molecule has 2 aliphatic rings. The van der Waals surface area contributed by atoms with E-state index in [1.165, 1.54) is 5.56 Å². The van der Waals surface area contributed by atoms with E-state index >= 15 is 0 Å². The van der Waals surface area contributed by atoms with Crippen LogP contribution in [0.4, 0.5) is 5.69 Å². The van der Waals surface area contributed by atoms with E-state index in [9.17, 15) is 8.42 Å². The van der Waals surface area contributed by atoms with Gasteiger partial charge in [0.1, 0.15) is 0 Å². The van der Waals surface area contributed by atoms with Gasteiger partial charge in [-0.05, 0) is 31.0 Å². The molecule has 0 N–H and O–H groups in total. The van der Waals surface area contributed by atoms with Gasteiger partial charge in [0.25, 0.3) is 0 Å². The van der Waals surface area contributed by atoms with Gasteiger partial charge in [-0.3, -0.25) is 4.99 Å². The Kier molecular flexibility index (Phi) is 4.01. The summed E-state index contributed by atoms with van der Waals surface area (Å²) in [6.07, 6.45) is 1.03. The SMILES string of the molecule is CCCN(C1=NC2CS(=O)(=O)CC2S1)c1cccc(C)c1. The number of fused-ring (bicyclic) bond motifs is 1. The van der Waals surface area contributed by atoms with Crippen LogP contribution < -0.4 is 4.90 Å². The average Bonchev–Trinajstić information content (AvgIpc) is 2.89. The van der Waals surface area contributed by atoms with E-state index in [-0.39, 0.29) is 22.8 Å². The van der Waals surface area contributed by atoms with Crippen LogP contribution in [0.25, 0.3) is 0 Å². The summed E-state index contributed by atoms with van der Waals surface area (Å²) < 4.78 is 23.3. The Morgan fingerprint density at radius 1 is 1.38 bits per heavy atom. The highest BCUT2D eigenvalue weighted by atomic mass is 32.2. The maximum absolute atomic E-state index is 11.7. The summed E-state index contributed by atoms with van der Waals surface area (Å²) in [4.78, 5) is 6.92. The van der Waals surface area contributed by atoms with Gasteiger partial charge in [-0.2, -0.15) is 0 Å². The number of aliphatic imine (C=N–C) groups is 1. The third-order valence-corrected chi connectivity index (χ3v) is 7.04. The smallest absolute Gasteiger partial charge is 0.164 e. The lowest BCUT2D eigenvalue weighted by molar-refractivity contribution is 0.601. The molecule has 0 spiro atoms. The Bertz CT molecular complexity index is 670. The number of sulfone groups is 1. The lowest BCUT2D eigenvalue weighted by Gasteiger charge is -2.24. The second kappa shape index (κ2) is 5.65. The molecule has 0 aromatic heterocycles. The molecular formula is C15H20N2O2S2. The molecule has 114 valence electrons. The summed E-state index contributed by atoms with van der Waals surface area (Å²) in [7, 11) is -2.88. The van der Waals surface area contributed by atoms with Crippen molar-refractivity contribution in [3.05, 3.63) is 29.8 Å². The lowest BCUT2D eigenvalue weighted by atomic mass is 10.2. The van der Waals surface area contributed by atoms with E-state index in [0.717, 1.165) is 23.8 Å². The van der Waals surface area contributed by atoms with Crippen LogP contribution in [0.2, 0.25) is 0 Å². The van der Waals surface area contributed by atoms with Gasteiger partial charge in [0.2, 0.25) is 0 Å². The maximum Gasteiger partial charge on any atom is 0.164 e. The minimum absolute atomic E-state index is 0.0563. The van der Waals surface area contributed by atoms with Gasteiger partial charge < -0.3 is 4.90 Å². The molecule has 1 fully saturated rings. The van der Waals surface area contributed by atoms with Gasteiger partial charge in [0, 0.05) is 17.5 Å². The van der Waals surface area contributed by atoms with Gasteiger partial charge in [0.05, 0.1) is 17.5 Å². The highest BCUT2D eigenvalue weighted by Gasteiger charge is 2.43. The highest BCUT2D eigenvalue weighted by molar-refractivity contribution is 8.15. The van der Waals surface area contributed by atoms with Crippen LogP contribution in [-0.2, 0) is 9.84 Å². The van der Waals surface area contributed by atoms with Crippen molar-refractivity contribution in [1.82, 2.24) is 0 Å². The lowest BCUT2D eigenvalue weighted by Crippen LogP contribution is -2.29. The number of aryl methyl sites for hydroxylation is 1. The molecule has 3 rings (SSSR count). The number of amidine groups is 1. The van der Waals surface area contributed by atoms with Gasteiger partial charge in [0.15, 0.2) is 15.0 Å². The largest absolute Gasteiger partial charge is 0.321 e. The van der Waals surface area contributed by atoms with E-state index in [4.69, 9.17) is 4.99 Å². The van der Waals surface area contributed by atoms with Crippen LogP contribution in [0.3, 0.4) is 0 Å². The van der Waals surface area contributed by atoms with Crippen LogP contribution in [0, 0.1) is 6.92 Å². The Labute approximate surface area is 130 Å². The molecule has 1 saturated heterocycles. The van der Waals surface area contributed by atoms with E-state index in [1.807, 2.05) is 0 Å². The van der Waals surface area contributed by atoms with Gasteiger partial charge in [-0.15, -0.1) is 0 Å². The summed E-state index contributed by atoms with van der Waals surface area (Å²) >= 11 is 1.63. The average molecular weight is 324 g/mol. The Morgan fingerprint density at radius 3 is 2.86 bits per heavy atom. The summed E-state index contributed by atoms with van der Waals surface area (Å²) in [6.45, 7) is 5.13. The molecule has 6 heteroatoms. The third-order valence-electron chi connectivity index (χ3n) is 3.80. The molecule has 0 amide bonds. The minimum atomic E-state index is -2.88. The monoisotopic (exact) mass is 324 g/mol. The first-order valence-corrected chi connectivity index (χ1v) is 9.98. The fourth-order valence-electron chi connectivity index (χ4n) is 2.83. The first-order chi connectivity index (χ1) is 9.98. The highest BCUT2D eigenvalue weighted by Crippen LogP contribution is 2.36. The molecule has 2 atom stereocenters. The molecule has 4 nitrogen and oxygen atoms in total. The van der Waals surface area contributed by atoms with E-state index in [0.29, 0.717) is 0 Å². The predicted molar refractivity (Wildman–Crippen MR) is 90.1 cm³/mol. The summed E-state index contributed by atoms with van der Waals surface area (Å²) in [6, 6.07) is 8.33. The Hall–Kier alpha value is -1.01. The van der Waals surface area contributed by atoms with Gasteiger partial charge in [-0.1, -0.05) is 30.8 Å². The van der Waals surface area contributed by atoms with Gasteiger partial charge in [-0.25, -0.2) is 8.42 Å². The molecule has 0 aliphatic carbocycles. The van der Waals surface area contributed by atoms with E-state index in [2.05, 4.69) is 43.0 Å². The standard InChI is InChI=1S/C15H20N2O2S2/c1-3-7-17(12-6-4-5-11(2)8-12)15-16-13-9-21(18,19)10-14(13)20-15/h4-6,8,13-14H,3,7,9-10H2,1-2H3. The number of anilines is 1. The quantitative estimate of drug-likeness (QED) is 0.857. The zero-order valence-electron chi connectivity index (χ0n) is 12.3. The van der Waals surface area contributed by atoms with Crippen LogP contribution in [0.5, 0.6) is 0 Å². The first kappa shape index (κ1) is 14.9. The van der Waals surface area contributed by atoms with Gasteiger partial charge >= 0.3 is 0 Å². The molecule has 1 aromatic rings. The normalized spacial score (nSPS) is 26.5.